The lowest BCUT2D eigenvalue weighted by atomic mass is 9.96. The van der Waals surface area contributed by atoms with Crippen LogP contribution in [0.15, 0.2) is 29.3 Å². The topological polar surface area (TPSA) is 27.6 Å². The molecule has 1 aromatic rings. The zero-order chi connectivity index (χ0) is 15.4. The number of hydrogen-bond donors (Lipinski definition) is 1. The van der Waals surface area contributed by atoms with Crippen molar-refractivity contribution in [1.82, 2.24) is 4.90 Å². The van der Waals surface area contributed by atoms with Gasteiger partial charge in [-0.15, -0.1) is 0 Å². The van der Waals surface area contributed by atoms with E-state index in [4.69, 9.17) is 28.8 Å². The second-order valence-corrected chi connectivity index (χ2v) is 7.53. The van der Waals surface area contributed by atoms with Crippen molar-refractivity contribution >= 4 is 51.5 Å². The van der Waals surface area contributed by atoms with Gasteiger partial charge in [-0.3, -0.25) is 9.89 Å². The van der Waals surface area contributed by atoms with Gasteiger partial charge in [0.15, 0.2) is 10.3 Å². The maximum Gasteiger partial charge on any atom is 0.179 e. The van der Waals surface area contributed by atoms with Gasteiger partial charge in [0.1, 0.15) is 0 Å². The quantitative estimate of drug-likeness (QED) is 0.775. The Morgan fingerprint density at radius 3 is 2.91 bits per heavy atom. The van der Waals surface area contributed by atoms with Crippen LogP contribution in [0.1, 0.15) is 32.1 Å². The van der Waals surface area contributed by atoms with E-state index < -0.39 is 0 Å². The molecular weight excluding hydrogens is 334 g/mol. The molecule has 118 valence electrons. The van der Waals surface area contributed by atoms with Gasteiger partial charge in [0, 0.05) is 23.0 Å². The maximum atomic E-state index is 6.02. The van der Waals surface area contributed by atoms with Gasteiger partial charge in [0.05, 0.1) is 6.04 Å². The van der Waals surface area contributed by atoms with E-state index in [0.717, 1.165) is 23.2 Å². The summed E-state index contributed by atoms with van der Waals surface area (Å²) in [6.45, 7) is 0.919. The molecule has 0 amide bonds. The molecular formula is C16H20ClN3S2. The van der Waals surface area contributed by atoms with Crippen LogP contribution in [0.4, 0.5) is 5.69 Å². The fourth-order valence-corrected chi connectivity index (χ4v) is 4.38. The molecule has 3 rings (SSSR count). The Labute approximate surface area is 146 Å². The Hall–Kier alpha value is -0.780. The molecule has 0 spiro atoms. The molecule has 1 saturated carbocycles. The fraction of sp³-hybridized carbons (Fsp3) is 0.500. The number of amidine groups is 1. The highest BCUT2D eigenvalue weighted by Gasteiger charge is 2.25. The van der Waals surface area contributed by atoms with Crippen LogP contribution < -0.4 is 5.32 Å². The zero-order valence-corrected chi connectivity index (χ0v) is 14.8. The molecule has 0 aromatic heterocycles. The van der Waals surface area contributed by atoms with Crippen molar-refractivity contribution in [3.63, 3.8) is 0 Å². The second kappa shape index (κ2) is 7.66. The van der Waals surface area contributed by atoms with Gasteiger partial charge in [-0.2, -0.15) is 0 Å². The molecule has 1 aliphatic heterocycles. The van der Waals surface area contributed by atoms with Crippen LogP contribution >= 0.6 is 35.6 Å². The van der Waals surface area contributed by atoms with Gasteiger partial charge in [-0.05, 0) is 43.3 Å². The summed E-state index contributed by atoms with van der Waals surface area (Å²) in [4.78, 5) is 7.07. The molecule has 0 radical (unpaired) electrons. The molecule has 0 unspecified atom stereocenters. The molecule has 0 atom stereocenters. The summed E-state index contributed by atoms with van der Waals surface area (Å²) in [5.74, 6) is 1.04. The van der Waals surface area contributed by atoms with E-state index in [1.54, 1.807) is 0 Å². The van der Waals surface area contributed by atoms with E-state index in [-0.39, 0.29) is 0 Å². The summed E-state index contributed by atoms with van der Waals surface area (Å²) in [7, 11) is 0. The van der Waals surface area contributed by atoms with Crippen LogP contribution in [0.25, 0.3) is 0 Å². The van der Waals surface area contributed by atoms with Crippen molar-refractivity contribution in [3.05, 3.63) is 29.3 Å². The molecule has 3 nitrogen and oxygen atoms in total. The number of benzene rings is 1. The first-order valence-corrected chi connectivity index (χ1v) is 9.54. The first kappa shape index (κ1) is 16.1. The van der Waals surface area contributed by atoms with Gasteiger partial charge in [0.2, 0.25) is 0 Å². The highest BCUT2D eigenvalue weighted by molar-refractivity contribution is 8.14. The molecule has 2 fully saturated rings. The number of rotatable bonds is 2. The highest BCUT2D eigenvalue weighted by Crippen LogP contribution is 2.26. The number of anilines is 1. The number of hydrogen-bond acceptors (Lipinski definition) is 3. The lowest BCUT2D eigenvalue weighted by molar-refractivity contribution is 0.441. The smallest absolute Gasteiger partial charge is 0.179 e. The van der Waals surface area contributed by atoms with Crippen molar-refractivity contribution in [1.29, 1.82) is 0 Å². The molecule has 1 heterocycles. The number of aliphatic imine (C=N–C) groups is 1. The van der Waals surface area contributed by atoms with Gasteiger partial charge in [-0.25, -0.2) is 0 Å². The zero-order valence-electron chi connectivity index (χ0n) is 12.4. The van der Waals surface area contributed by atoms with Crippen LogP contribution in [-0.2, 0) is 0 Å². The summed E-state index contributed by atoms with van der Waals surface area (Å²) in [6, 6.07) is 8.11. The second-order valence-electron chi connectivity index (χ2n) is 5.64. The standard InChI is InChI=1S/C16H20ClN3S2/c17-12-5-4-8-14(11-12)18-15(21)20-9-10-22-16(20)19-13-6-2-1-3-7-13/h4-5,8,11,13H,1-3,6-7,9-10H2,(H,18,21). The lowest BCUT2D eigenvalue weighted by Gasteiger charge is -2.23. The van der Waals surface area contributed by atoms with Crippen molar-refractivity contribution in [3.8, 4) is 0 Å². The van der Waals surface area contributed by atoms with Crippen LogP contribution in [-0.4, -0.2) is 33.5 Å². The Bertz CT molecular complexity index is 570. The summed E-state index contributed by atoms with van der Waals surface area (Å²) in [5, 5.41) is 5.76. The minimum atomic E-state index is 0.478. The number of thiocarbonyl (C=S) groups is 1. The van der Waals surface area contributed by atoms with Gasteiger partial charge in [-0.1, -0.05) is 48.7 Å². The van der Waals surface area contributed by atoms with Crippen molar-refractivity contribution in [2.45, 2.75) is 38.1 Å². The first-order valence-electron chi connectivity index (χ1n) is 7.77. The van der Waals surface area contributed by atoms with Crippen LogP contribution in [0.5, 0.6) is 0 Å². The largest absolute Gasteiger partial charge is 0.332 e. The third kappa shape index (κ3) is 4.15. The molecule has 0 bridgehead atoms. The van der Waals surface area contributed by atoms with Crippen LogP contribution in [0.2, 0.25) is 5.02 Å². The number of nitrogens with zero attached hydrogens (tertiary/aromatic N) is 2. The lowest BCUT2D eigenvalue weighted by Crippen LogP contribution is -2.36. The van der Waals surface area contributed by atoms with Crippen molar-refractivity contribution in [2.75, 3.05) is 17.6 Å². The molecule has 1 saturated heterocycles. The monoisotopic (exact) mass is 353 g/mol. The Kier molecular flexibility index (Phi) is 5.61. The van der Waals surface area contributed by atoms with Crippen molar-refractivity contribution in [2.24, 2.45) is 4.99 Å². The molecule has 2 aliphatic rings. The van der Waals surface area contributed by atoms with E-state index >= 15 is 0 Å². The van der Waals surface area contributed by atoms with Gasteiger partial charge >= 0.3 is 0 Å². The number of halogens is 1. The highest BCUT2D eigenvalue weighted by atomic mass is 35.5. The number of nitrogens with one attached hydrogen (secondary N) is 1. The van der Waals surface area contributed by atoms with Gasteiger partial charge < -0.3 is 5.32 Å². The van der Waals surface area contributed by atoms with E-state index in [1.165, 1.54) is 32.1 Å². The third-order valence-corrected chi connectivity index (χ3v) is 5.49. The van der Waals surface area contributed by atoms with E-state index in [1.807, 2.05) is 36.0 Å². The first-order chi connectivity index (χ1) is 10.7. The number of thioether (sulfide) groups is 1. The summed E-state index contributed by atoms with van der Waals surface area (Å²) >= 11 is 13.4. The van der Waals surface area contributed by atoms with E-state index in [0.29, 0.717) is 16.2 Å². The Morgan fingerprint density at radius 2 is 2.14 bits per heavy atom. The predicted octanol–water partition coefficient (Wildman–Crippen LogP) is 4.77. The molecule has 1 aromatic carbocycles. The van der Waals surface area contributed by atoms with E-state index in [9.17, 15) is 0 Å². The maximum absolute atomic E-state index is 6.02. The molecule has 1 aliphatic carbocycles. The summed E-state index contributed by atoms with van der Waals surface area (Å²) in [6.07, 6.45) is 6.39. The fourth-order valence-electron chi connectivity index (χ4n) is 2.82. The van der Waals surface area contributed by atoms with Crippen molar-refractivity contribution < 1.29 is 0 Å². The Balaban J connectivity index is 1.66. The Morgan fingerprint density at radius 1 is 1.32 bits per heavy atom. The molecule has 22 heavy (non-hydrogen) atoms. The summed E-state index contributed by atoms with van der Waals surface area (Å²) in [5.41, 5.74) is 0.923. The molecule has 1 N–H and O–H groups in total. The normalized spacial score (nSPS) is 21.3. The minimum Gasteiger partial charge on any atom is -0.332 e. The molecule has 6 heteroatoms. The van der Waals surface area contributed by atoms with Crippen LogP contribution in [0, 0.1) is 0 Å². The average molecular weight is 354 g/mol. The average Bonchev–Trinajstić information content (AvgIpc) is 2.96. The van der Waals surface area contributed by atoms with E-state index in [2.05, 4.69) is 10.2 Å². The summed E-state index contributed by atoms with van der Waals surface area (Å²) < 4.78 is 0. The van der Waals surface area contributed by atoms with Gasteiger partial charge in [0.25, 0.3) is 0 Å². The predicted molar refractivity (Wildman–Crippen MR) is 101 cm³/mol. The van der Waals surface area contributed by atoms with Crippen LogP contribution in [0.3, 0.4) is 0 Å². The third-order valence-electron chi connectivity index (χ3n) is 3.97. The SMILES string of the molecule is S=C(Nc1cccc(Cl)c1)N1CCSC1=NC1CCCCC1. The minimum absolute atomic E-state index is 0.478.